The van der Waals surface area contributed by atoms with Crippen molar-refractivity contribution < 1.29 is 4.74 Å². The lowest BCUT2D eigenvalue weighted by atomic mass is 10.2. The lowest BCUT2D eigenvalue weighted by molar-refractivity contribution is 0.134. The van der Waals surface area contributed by atoms with Gasteiger partial charge in [0.05, 0.1) is 6.61 Å². The molecule has 2 rings (SSSR count). The number of nitrogens with one attached hydrogen (secondary N) is 1. The minimum absolute atomic E-state index is 0. The van der Waals surface area contributed by atoms with Crippen molar-refractivity contribution in [1.29, 1.82) is 0 Å². The molecule has 0 amide bonds. The van der Waals surface area contributed by atoms with Crippen LogP contribution < -0.4 is 5.32 Å². The van der Waals surface area contributed by atoms with Crippen molar-refractivity contribution in [3.8, 4) is 0 Å². The van der Waals surface area contributed by atoms with Crippen LogP contribution in [0.2, 0.25) is 0 Å². The van der Waals surface area contributed by atoms with E-state index >= 15 is 0 Å². The fraction of sp³-hybridized carbons (Fsp3) is 0.632. The summed E-state index contributed by atoms with van der Waals surface area (Å²) in [7, 11) is 0. The van der Waals surface area contributed by atoms with Crippen molar-refractivity contribution in [2.45, 2.75) is 39.0 Å². The topological polar surface area (TPSA) is 36.9 Å². The minimum atomic E-state index is 0. The van der Waals surface area contributed by atoms with E-state index in [1.54, 1.807) is 0 Å². The molecule has 1 heterocycles. The van der Waals surface area contributed by atoms with E-state index < -0.39 is 0 Å². The molecular weight excluding hydrogens is 413 g/mol. The van der Waals surface area contributed by atoms with Gasteiger partial charge in [0, 0.05) is 32.8 Å². The number of benzene rings is 1. The van der Waals surface area contributed by atoms with Crippen molar-refractivity contribution >= 4 is 29.9 Å². The fourth-order valence-corrected chi connectivity index (χ4v) is 2.79. The van der Waals surface area contributed by atoms with Gasteiger partial charge < -0.3 is 15.0 Å². The van der Waals surface area contributed by atoms with Gasteiger partial charge in [-0.1, -0.05) is 30.3 Å². The Labute approximate surface area is 164 Å². The molecule has 0 saturated carbocycles. The van der Waals surface area contributed by atoms with Crippen LogP contribution in [-0.2, 0) is 11.2 Å². The highest BCUT2D eigenvalue weighted by molar-refractivity contribution is 14.0. The van der Waals surface area contributed by atoms with E-state index in [2.05, 4.69) is 47.5 Å². The van der Waals surface area contributed by atoms with Gasteiger partial charge in [0.2, 0.25) is 0 Å². The molecule has 0 radical (unpaired) electrons. The van der Waals surface area contributed by atoms with Gasteiger partial charge in [0.15, 0.2) is 5.96 Å². The number of hydrogen-bond donors (Lipinski definition) is 1. The van der Waals surface area contributed by atoms with E-state index in [1.807, 2.05) is 0 Å². The number of ether oxygens (including phenoxy) is 1. The number of nitrogens with zero attached hydrogens (tertiary/aromatic N) is 2. The number of halogens is 1. The Bertz CT molecular complexity index is 447. The van der Waals surface area contributed by atoms with Crippen LogP contribution >= 0.6 is 24.0 Å². The molecular formula is C19H32IN3O. The summed E-state index contributed by atoms with van der Waals surface area (Å²) in [6, 6.07) is 10.5. The van der Waals surface area contributed by atoms with E-state index in [4.69, 9.17) is 9.73 Å². The van der Waals surface area contributed by atoms with Crippen LogP contribution in [0.15, 0.2) is 35.3 Å². The molecule has 24 heavy (non-hydrogen) atoms. The second-order valence-electron chi connectivity index (χ2n) is 5.98. The van der Waals surface area contributed by atoms with Crippen LogP contribution in [0.3, 0.4) is 0 Å². The molecule has 0 aromatic heterocycles. The summed E-state index contributed by atoms with van der Waals surface area (Å²) >= 11 is 0. The molecule has 4 nitrogen and oxygen atoms in total. The van der Waals surface area contributed by atoms with E-state index in [-0.39, 0.29) is 24.0 Å². The third-order valence-corrected chi connectivity index (χ3v) is 4.08. The lowest BCUT2D eigenvalue weighted by Gasteiger charge is -2.20. The monoisotopic (exact) mass is 445 g/mol. The zero-order valence-corrected chi connectivity index (χ0v) is 17.2. The maximum atomic E-state index is 5.72. The number of guanidine groups is 1. The average Bonchev–Trinajstić information content (AvgIpc) is 3.11. The van der Waals surface area contributed by atoms with Crippen molar-refractivity contribution in [3.63, 3.8) is 0 Å². The normalized spacial score (nSPS) is 14.5. The third-order valence-electron chi connectivity index (χ3n) is 4.08. The van der Waals surface area contributed by atoms with Gasteiger partial charge in [0.25, 0.3) is 0 Å². The first-order valence-corrected chi connectivity index (χ1v) is 9.05. The highest BCUT2D eigenvalue weighted by atomic mass is 127. The van der Waals surface area contributed by atoms with E-state index in [9.17, 15) is 0 Å². The molecule has 0 bridgehead atoms. The zero-order valence-electron chi connectivity index (χ0n) is 14.9. The van der Waals surface area contributed by atoms with Crippen LogP contribution in [0.4, 0.5) is 0 Å². The predicted octanol–water partition coefficient (Wildman–Crippen LogP) is 3.71. The summed E-state index contributed by atoms with van der Waals surface area (Å²) in [5.74, 6) is 1.09. The standard InChI is InChI=1S/C19H31N3O.HI/c1-2-20-19(22-14-7-8-15-22)21-13-6-9-16-23-17-12-18-10-4-3-5-11-18;/h3-5,10-11H,2,6-9,12-17H2,1H3,(H,20,21);1H. The lowest BCUT2D eigenvalue weighted by Crippen LogP contribution is -2.39. The van der Waals surface area contributed by atoms with Gasteiger partial charge in [-0.05, 0) is 44.6 Å². The van der Waals surface area contributed by atoms with Crippen molar-refractivity contribution in [2.24, 2.45) is 4.99 Å². The van der Waals surface area contributed by atoms with Gasteiger partial charge in [-0.3, -0.25) is 4.99 Å². The quantitative estimate of drug-likeness (QED) is 0.273. The summed E-state index contributed by atoms with van der Waals surface area (Å²) in [4.78, 5) is 7.11. The summed E-state index contributed by atoms with van der Waals surface area (Å²) in [5, 5.41) is 3.40. The Balaban J connectivity index is 0.00000288. The van der Waals surface area contributed by atoms with Crippen molar-refractivity contribution in [1.82, 2.24) is 10.2 Å². The molecule has 0 atom stereocenters. The summed E-state index contributed by atoms with van der Waals surface area (Å²) in [5.41, 5.74) is 1.35. The van der Waals surface area contributed by atoms with Crippen LogP contribution in [0.25, 0.3) is 0 Å². The van der Waals surface area contributed by atoms with E-state index in [1.165, 1.54) is 18.4 Å². The first-order chi connectivity index (χ1) is 11.4. The second-order valence-corrected chi connectivity index (χ2v) is 5.98. The Morgan fingerprint density at radius 3 is 2.58 bits per heavy atom. The first-order valence-electron chi connectivity index (χ1n) is 9.05. The molecule has 136 valence electrons. The van der Waals surface area contributed by atoms with Crippen LogP contribution in [0, 0.1) is 0 Å². The third kappa shape index (κ3) is 8.33. The number of unbranched alkanes of at least 4 members (excludes halogenated alkanes) is 1. The Morgan fingerprint density at radius 2 is 1.88 bits per heavy atom. The van der Waals surface area contributed by atoms with Crippen molar-refractivity contribution in [2.75, 3.05) is 39.4 Å². The summed E-state index contributed by atoms with van der Waals surface area (Å²) in [6.45, 7) is 7.90. The van der Waals surface area contributed by atoms with Crippen molar-refractivity contribution in [3.05, 3.63) is 35.9 Å². The predicted molar refractivity (Wildman–Crippen MR) is 112 cm³/mol. The Morgan fingerprint density at radius 1 is 1.12 bits per heavy atom. The smallest absolute Gasteiger partial charge is 0.193 e. The molecule has 1 aromatic rings. The van der Waals surface area contributed by atoms with Gasteiger partial charge in [0.1, 0.15) is 0 Å². The maximum absolute atomic E-state index is 5.72. The number of hydrogen-bond acceptors (Lipinski definition) is 2. The largest absolute Gasteiger partial charge is 0.381 e. The van der Waals surface area contributed by atoms with Gasteiger partial charge >= 0.3 is 0 Å². The van der Waals surface area contributed by atoms with Crippen LogP contribution in [-0.4, -0.2) is 50.3 Å². The average molecular weight is 445 g/mol. The van der Waals surface area contributed by atoms with E-state index in [0.717, 1.165) is 64.6 Å². The molecule has 0 aliphatic carbocycles. The summed E-state index contributed by atoms with van der Waals surface area (Å²) in [6.07, 6.45) is 5.75. The molecule has 0 unspecified atom stereocenters. The zero-order chi connectivity index (χ0) is 16.2. The molecule has 1 N–H and O–H groups in total. The minimum Gasteiger partial charge on any atom is -0.381 e. The van der Waals surface area contributed by atoms with Crippen LogP contribution in [0.5, 0.6) is 0 Å². The number of likely N-dealkylation sites (tertiary alicyclic amines) is 1. The van der Waals surface area contributed by atoms with Crippen LogP contribution in [0.1, 0.15) is 38.2 Å². The highest BCUT2D eigenvalue weighted by Gasteiger charge is 2.14. The maximum Gasteiger partial charge on any atom is 0.193 e. The molecule has 1 fully saturated rings. The molecule has 1 aliphatic rings. The summed E-state index contributed by atoms with van der Waals surface area (Å²) < 4.78 is 5.72. The molecule has 1 aromatic carbocycles. The molecule has 1 saturated heterocycles. The Hall–Kier alpha value is -0.820. The van der Waals surface area contributed by atoms with E-state index in [0.29, 0.717) is 0 Å². The molecule has 1 aliphatic heterocycles. The molecule has 5 heteroatoms. The number of rotatable bonds is 9. The Kier molecular flexibility index (Phi) is 11.9. The van der Waals surface area contributed by atoms with Gasteiger partial charge in [-0.15, -0.1) is 24.0 Å². The second kappa shape index (κ2) is 13.5. The number of aliphatic imine (C=N–C) groups is 1. The fourth-order valence-electron chi connectivity index (χ4n) is 2.79. The first kappa shape index (κ1) is 21.2. The highest BCUT2D eigenvalue weighted by Crippen LogP contribution is 2.07. The SMILES string of the molecule is CCNC(=NCCCCOCCc1ccccc1)N1CCCC1.I. The van der Waals surface area contributed by atoms with Gasteiger partial charge in [-0.2, -0.15) is 0 Å². The molecule has 0 spiro atoms. The van der Waals surface area contributed by atoms with Gasteiger partial charge in [-0.25, -0.2) is 0 Å².